The smallest absolute Gasteiger partial charge is 0.123 e. The summed E-state index contributed by atoms with van der Waals surface area (Å²) in [5, 5.41) is 3.34. The molecule has 0 fully saturated rings. The number of aromatic nitrogens is 2. The van der Waals surface area contributed by atoms with Crippen molar-refractivity contribution in [1.82, 2.24) is 14.9 Å². The van der Waals surface area contributed by atoms with Crippen LogP contribution in [0.1, 0.15) is 43.1 Å². The summed E-state index contributed by atoms with van der Waals surface area (Å²) in [6.45, 7) is 8.29. The molecule has 0 bridgehead atoms. The molecule has 3 rings (SSSR count). The minimum absolute atomic E-state index is 0.609. The zero-order valence-corrected chi connectivity index (χ0v) is 16.2. The van der Waals surface area contributed by atoms with Gasteiger partial charge in [0, 0.05) is 18.8 Å². The Labute approximate surface area is 162 Å². The van der Waals surface area contributed by atoms with Gasteiger partial charge >= 0.3 is 0 Å². The lowest BCUT2D eigenvalue weighted by molar-refractivity contribution is 0.573. The highest BCUT2D eigenvalue weighted by molar-refractivity contribution is 5.77. The SMILES string of the molecule is C=C(N)CNCc1nc2ccc(Cc3ccccc3)cc2n1CCCCC. The molecule has 3 aromatic rings. The quantitative estimate of drug-likeness (QED) is 0.526. The highest BCUT2D eigenvalue weighted by Crippen LogP contribution is 2.21. The van der Waals surface area contributed by atoms with E-state index in [0.717, 1.165) is 24.3 Å². The van der Waals surface area contributed by atoms with E-state index >= 15 is 0 Å². The Balaban J connectivity index is 1.87. The molecule has 0 amide bonds. The van der Waals surface area contributed by atoms with Crippen molar-refractivity contribution in [2.45, 2.75) is 45.7 Å². The molecule has 0 aliphatic heterocycles. The maximum Gasteiger partial charge on any atom is 0.123 e. The normalized spacial score (nSPS) is 11.1. The van der Waals surface area contributed by atoms with Gasteiger partial charge in [0.25, 0.3) is 0 Å². The molecular weight excluding hydrogens is 332 g/mol. The van der Waals surface area contributed by atoms with Gasteiger partial charge in [0.2, 0.25) is 0 Å². The predicted octanol–water partition coefficient (Wildman–Crippen LogP) is 4.38. The Morgan fingerprint density at radius 1 is 1.11 bits per heavy atom. The fraction of sp³-hybridized carbons (Fsp3) is 0.348. The van der Waals surface area contributed by atoms with Gasteiger partial charge in [0.15, 0.2) is 0 Å². The highest BCUT2D eigenvalue weighted by atomic mass is 15.1. The number of imidazole rings is 1. The molecule has 142 valence electrons. The van der Waals surface area contributed by atoms with Crippen molar-refractivity contribution in [2.24, 2.45) is 5.73 Å². The van der Waals surface area contributed by atoms with E-state index in [1.807, 2.05) is 0 Å². The fourth-order valence-electron chi connectivity index (χ4n) is 3.40. The van der Waals surface area contributed by atoms with Crippen LogP contribution in [0.15, 0.2) is 60.8 Å². The summed E-state index contributed by atoms with van der Waals surface area (Å²) in [5.41, 5.74) is 11.3. The van der Waals surface area contributed by atoms with Gasteiger partial charge in [0.1, 0.15) is 5.82 Å². The number of nitrogens with one attached hydrogen (secondary N) is 1. The van der Waals surface area contributed by atoms with Crippen molar-refractivity contribution in [1.29, 1.82) is 0 Å². The largest absolute Gasteiger partial charge is 0.401 e. The number of hydrogen-bond donors (Lipinski definition) is 2. The molecule has 3 N–H and O–H groups in total. The van der Waals surface area contributed by atoms with E-state index in [1.54, 1.807) is 0 Å². The minimum Gasteiger partial charge on any atom is -0.401 e. The Morgan fingerprint density at radius 3 is 2.67 bits per heavy atom. The van der Waals surface area contributed by atoms with Crippen molar-refractivity contribution < 1.29 is 0 Å². The third-order valence-electron chi connectivity index (χ3n) is 4.76. The molecule has 1 aromatic heterocycles. The number of benzene rings is 2. The lowest BCUT2D eigenvalue weighted by Gasteiger charge is -2.10. The van der Waals surface area contributed by atoms with Crippen LogP contribution < -0.4 is 11.1 Å². The van der Waals surface area contributed by atoms with Gasteiger partial charge in [-0.05, 0) is 36.1 Å². The highest BCUT2D eigenvalue weighted by Gasteiger charge is 2.11. The van der Waals surface area contributed by atoms with Gasteiger partial charge in [-0.25, -0.2) is 4.98 Å². The average molecular weight is 363 g/mol. The van der Waals surface area contributed by atoms with E-state index in [-0.39, 0.29) is 0 Å². The molecule has 0 saturated heterocycles. The maximum atomic E-state index is 5.68. The van der Waals surface area contributed by atoms with Crippen LogP contribution in [-0.4, -0.2) is 16.1 Å². The number of fused-ring (bicyclic) bond motifs is 1. The van der Waals surface area contributed by atoms with Crippen LogP contribution in [0.3, 0.4) is 0 Å². The molecule has 0 saturated carbocycles. The Hall–Kier alpha value is -2.59. The Bertz CT molecular complexity index is 880. The van der Waals surface area contributed by atoms with Crippen LogP contribution in [0.2, 0.25) is 0 Å². The summed E-state index contributed by atoms with van der Waals surface area (Å²) in [4.78, 5) is 4.87. The third-order valence-corrected chi connectivity index (χ3v) is 4.76. The van der Waals surface area contributed by atoms with Crippen LogP contribution >= 0.6 is 0 Å². The predicted molar refractivity (Wildman–Crippen MR) is 114 cm³/mol. The van der Waals surface area contributed by atoms with Crippen LogP contribution in [0.5, 0.6) is 0 Å². The maximum absolute atomic E-state index is 5.68. The first kappa shape index (κ1) is 19.2. The molecule has 2 aromatic carbocycles. The summed E-state index contributed by atoms with van der Waals surface area (Å²) < 4.78 is 2.37. The molecule has 0 radical (unpaired) electrons. The molecule has 1 heterocycles. The minimum atomic E-state index is 0.609. The van der Waals surface area contributed by atoms with Crippen LogP contribution in [-0.2, 0) is 19.5 Å². The molecule has 27 heavy (non-hydrogen) atoms. The summed E-state index contributed by atoms with van der Waals surface area (Å²) in [5.74, 6) is 1.07. The van der Waals surface area contributed by atoms with E-state index in [4.69, 9.17) is 10.7 Å². The zero-order chi connectivity index (χ0) is 19.1. The summed E-state index contributed by atoms with van der Waals surface area (Å²) >= 11 is 0. The van der Waals surface area contributed by atoms with Crippen LogP contribution in [0.25, 0.3) is 11.0 Å². The third kappa shape index (κ3) is 5.20. The van der Waals surface area contributed by atoms with Crippen molar-refractivity contribution in [3.8, 4) is 0 Å². The number of hydrogen-bond acceptors (Lipinski definition) is 3. The van der Waals surface area contributed by atoms with Gasteiger partial charge in [-0.15, -0.1) is 0 Å². The summed E-state index contributed by atoms with van der Waals surface area (Å²) in [7, 11) is 0. The monoisotopic (exact) mass is 362 g/mol. The molecule has 0 aliphatic rings. The van der Waals surface area contributed by atoms with Gasteiger partial charge in [-0.3, -0.25) is 0 Å². The summed E-state index contributed by atoms with van der Waals surface area (Å²) in [6.07, 6.45) is 4.56. The number of nitrogens with two attached hydrogens (primary N) is 1. The second-order valence-electron chi connectivity index (χ2n) is 7.13. The van der Waals surface area contributed by atoms with E-state index in [0.29, 0.717) is 18.8 Å². The first-order valence-electron chi connectivity index (χ1n) is 9.83. The number of unbranched alkanes of at least 4 members (excludes halogenated alkanes) is 2. The standard InChI is InChI=1S/C23H30N4/c1-3-4-8-13-27-22-15-20(14-19-9-6-5-7-10-19)11-12-21(22)26-23(27)17-25-16-18(2)24/h5-7,9-12,15,25H,2-4,8,13-14,16-17,24H2,1H3. The first-order valence-corrected chi connectivity index (χ1v) is 9.83. The van der Waals surface area contributed by atoms with Crippen LogP contribution in [0.4, 0.5) is 0 Å². The van der Waals surface area contributed by atoms with Gasteiger partial charge in [-0.1, -0.05) is 62.7 Å². The van der Waals surface area contributed by atoms with E-state index in [2.05, 4.69) is 71.9 Å². The second kappa shape index (κ2) is 9.38. The number of nitrogens with zero attached hydrogens (tertiary/aromatic N) is 2. The Morgan fingerprint density at radius 2 is 1.93 bits per heavy atom. The van der Waals surface area contributed by atoms with Crippen LogP contribution in [0, 0.1) is 0 Å². The lowest BCUT2D eigenvalue weighted by Crippen LogP contribution is -2.22. The average Bonchev–Trinajstić information content (AvgIpc) is 3.00. The molecule has 0 spiro atoms. The van der Waals surface area contributed by atoms with Crippen molar-refractivity contribution >= 4 is 11.0 Å². The lowest BCUT2D eigenvalue weighted by atomic mass is 10.0. The number of aryl methyl sites for hydroxylation is 1. The first-order chi connectivity index (χ1) is 13.2. The molecule has 0 aliphatic carbocycles. The van der Waals surface area contributed by atoms with E-state index in [1.165, 1.54) is 35.9 Å². The molecule has 4 heteroatoms. The second-order valence-corrected chi connectivity index (χ2v) is 7.13. The fourth-order valence-corrected chi connectivity index (χ4v) is 3.40. The van der Waals surface area contributed by atoms with E-state index < -0.39 is 0 Å². The van der Waals surface area contributed by atoms with Gasteiger partial charge in [-0.2, -0.15) is 0 Å². The van der Waals surface area contributed by atoms with Gasteiger partial charge in [0.05, 0.1) is 17.6 Å². The van der Waals surface area contributed by atoms with E-state index in [9.17, 15) is 0 Å². The van der Waals surface area contributed by atoms with Crippen molar-refractivity contribution in [3.63, 3.8) is 0 Å². The topological polar surface area (TPSA) is 55.9 Å². The summed E-state index contributed by atoms with van der Waals surface area (Å²) in [6, 6.07) is 17.2. The van der Waals surface area contributed by atoms with Crippen molar-refractivity contribution in [3.05, 3.63) is 77.8 Å². The van der Waals surface area contributed by atoms with Crippen molar-refractivity contribution in [2.75, 3.05) is 6.54 Å². The molecule has 0 atom stereocenters. The molecular formula is C23H30N4. The number of rotatable bonds is 10. The molecule has 0 unspecified atom stereocenters. The zero-order valence-electron chi connectivity index (χ0n) is 16.2. The Kier molecular flexibility index (Phi) is 6.66. The van der Waals surface area contributed by atoms with Gasteiger partial charge < -0.3 is 15.6 Å². The molecule has 4 nitrogen and oxygen atoms in total.